The van der Waals surface area contributed by atoms with Gasteiger partial charge in [-0.3, -0.25) is 4.90 Å². The molecule has 1 atom stereocenters. The van der Waals surface area contributed by atoms with E-state index in [1.165, 1.54) is 63.4 Å². The Hall–Kier alpha value is 0.440. The minimum Gasteiger partial charge on any atom is -0.300 e. The van der Waals surface area contributed by atoms with Gasteiger partial charge >= 0.3 is 0 Å². The van der Waals surface area contributed by atoms with E-state index in [1.807, 2.05) is 0 Å². The first-order chi connectivity index (χ1) is 8.17. The second-order valence-electron chi connectivity index (χ2n) is 6.62. The summed E-state index contributed by atoms with van der Waals surface area (Å²) in [6.45, 7) is 7.48. The van der Waals surface area contributed by atoms with Crippen LogP contribution in [0.15, 0.2) is 0 Å². The summed E-state index contributed by atoms with van der Waals surface area (Å²) in [6, 6.07) is 0.854. The highest BCUT2D eigenvalue weighted by atomic mass is 79.9. The Kier molecular flexibility index (Phi) is 4.94. The van der Waals surface area contributed by atoms with Crippen LogP contribution in [0.1, 0.15) is 58.8 Å². The van der Waals surface area contributed by atoms with Crippen molar-refractivity contribution in [2.45, 2.75) is 64.8 Å². The molecule has 0 aromatic carbocycles. The van der Waals surface area contributed by atoms with E-state index in [4.69, 9.17) is 0 Å². The van der Waals surface area contributed by atoms with E-state index in [0.717, 1.165) is 12.0 Å². The van der Waals surface area contributed by atoms with Gasteiger partial charge in [-0.15, -0.1) is 0 Å². The minimum atomic E-state index is 0.593. The second-order valence-corrected chi connectivity index (χ2v) is 7.18. The van der Waals surface area contributed by atoms with Crippen LogP contribution in [0, 0.1) is 11.3 Å². The van der Waals surface area contributed by atoms with Crippen LogP contribution in [0.5, 0.6) is 0 Å². The van der Waals surface area contributed by atoms with Crippen molar-refractivity contribution in [3.63, 3.8) is 0 Å². The van der Waals surface area contributed by atoms with Gasteiger partial charge in [0.2, 0.25) is 0 Å². The van der Waals surface area contributed by atoms with Crippen LogP contribution in [-0.4, -0.2) is 29.4 Å². The Balaban J connectivity index is 1.97. The Morgan fingerprint density at radius 3 is 2.47 bits per heavy atom. The molecule has 100 valence electrons. The number of halogens is 1. The maximum Gasteiger partial charge on any atom is 0.0119 e. The molecule has 1 aliphatic carbocycles. The molecule has 1 heterocycles. The van der Waals surface area contributed by atoms with Crippen molar-refractivity contribution in [3.05, 3.63) is 0 Å². The molecule has 0 bridgehead atoms. The molecular formula is C15H28BrN. The molecule has 17 heavy (non-hydrogen) atoms. The maximum absolute atomic E-state index is 3.81. The van der Waals surface area contributed by atoms with E-state index in [1.54, 1.807) is 0 Å². The van der Waals surface area contributed by atoms with Crippen molar-refractivity contribution in [2.75, 3.05) is 18.4 Å². The average Bonchev–Trinajstić information content (AvgIpc) is 2.78. The lowest BCUT2D eigenvalue weighted by Crippen LogP contribution is -2.44. The zero-order chi connectivity index (χ0) is 12.3. The van der Waals surface area contributed by atoms with E-state index < -0.39 is 0 Å². The van der Waals surface area contributed by atoms with Gasteiger partial charge < -0.3 is 0 Å². The van der Waals surface area contributed by atoms with Crippen LogP contribution >= 0.6 is 15.9 Å². The highest BCUT2D eigenvalue weighted by molar-refractivity contribution is 9.09. The molecule has 2 fully saturated rings. The molecule has 1 saturated heterocycles. The van der Waals surface area contributed by atoms with Gasteiger partial charge in [0, 0.05) is 17.9 Å². The highest BCUT2D eigenvalue weighted by Gasteiger charge is 2.37. The van der Waals surface area contributed by atoms with Crippen molar-refractivity contribution < 1.29 is 0 Å². The second kappa shape index (κ2) is 6.06. The molecule has 1 nitrogen and oxygen atoms in total. The monoisotopic (exact) mass is 301 g/mol. The van der Waals surface area contributed by atoms with E-state index in [0.29, 0.717) is 5.41 Å². The first-order valence-electron chi connectivity index (χ1n) is 7.47. The fourth-order valence-electron chi connectivity index (χ4n) is 3.87. The number of rotatable bonds is 4. The first-order valence-corrected chi connectivity index (χ1v) is 8.59. The van der Waals surface area contributed by atoms with Crippen molar-refractivity contribution in [2.24, 2.45) is 11.3 Å². The Morgan fingerprint density at radius 1 is 1.18 bits per heavy atom. The lowest BCUT2D eigenvalue weighted by molar-refractivity contribution is 0.102. The van der Waals surface area contributed by atoms with Gasteiger partial charge in [0.25, 0.3) is 0 Å². The zero-order valence-electron chi connectivity index (χ0n) is 11.6. The van der Waals surface area contributed by atoms with E-state index in [2.05, 4.69) is 34.7 Å². The summed E-state index contributed by atoms with van der Waals surface area (Å²) >= 11 is 3.81. The van der Waals surface area contributed by atoms with Gasteiger partial charge in [0.15, 0.2) is 0 Å². The standard InChI is InChI=1S/C15H28BrN/c1-13(2)14-7-6-10-17(14)12-15(11-16)8-4-3-5-9-15/h13-14H,3-12H2,1-2H3. The smallest absolute Gasteiger partial charge is 0.0119 e. The van der Waals surface area contributed by atoms with Crippen LogP contribution in [0.2, 0.25) is 0 Å². The van der Waals surface area contributed by atoms with E-state index >= 15 is 0 Å². The molecule has 0 N–H and O–H groups in total. The Labute approximate surface area is 115 Å². The summed E-state index contributed by atoms with van der Waals surface area (Å²) in [5.74, 6) is 0.827. The van der Waals surface area contributed by atoms with Crippen molar-refractivity contribution in [1.29, 1.82) is 0 Å². The summed E-state index contributed by atoms with van der Waals surface area (Å²) in [6.07, 6.45) is 10.1. The molecule has 2 heteroatoms. The van der Waals surface area contributed by atoms with Crippen LogP contribution in [0.4, 0.5) is 0 Å². The van der Waals surface area contributed by atoms with Crippen LogP contribution < -0.4 is 0 Å². The molecule has 1 unspecified atom stereocenters. The lowest BCUT2D eigenvalue weighted by atomic mass is 9.75. The number of nitrogens with zero attached hydrogens (tertiary/aromatic N) is 1. The molecule has 2 rings (SSSR count). The third-order valence-corrected chi connectivity index (χ3v) is 6.11. The van der Waals surface area contributed by atoms with Crippen LogP contribution in [0.3, 0.4) is 0 Å². The molecule has 1 aliphatic heterocycles. The molecule has 2 aliphatic rings. The number of hydrogen-bond donors (Lipinski definition) is 0. The fraction of sp³-hybridized carbons (Fsp3) is 1.00. The first kappa shape index (κ1) is 13.9. The van der Waals surface area contributed by atoms with E-state index in [-0.39, 0.29) is 0 Å². The van der Waals surface area contributed by atoms with E-state index in [9.17, 15) is 0 Å². The maximum atomic E-state index is 3.81. The quantitative estimate of drug-likeness (QED) is 0.693. The number of hydrogen-bond acceptors (Lipinski definition) is 1. The predicted molar refractivity (Wildman–Crippen MR) is 78.7 cm³/mol. The van der Waals surface area contributed by atoms with Gasteiger partial charge in [-0.05, 0) is 43.6 Å². The summed E-state index contributed by atoms with van der Waals surface area (Å²) < 4.78 is 0. The third-order valence-electron chi connectivity index (χ3n) is 4.92. The number of alkyl halides is 1. The normalized spacial score (nSPS) is 30.0. The highest BCUT2D eigenvalue weighted by Crippen LogP contribution is 2.40. The summed E-state index contributed by atoms with van der Waals surface area (Å²) in [4.78, 5) is 2.80. The molecule has 0 amide bonds. The Morgan fingerprint density at radius 2 is 1.88 bits per heavy atom. The summed E-state index contributed by atoms with van der Waals surface area (Å²) in [5.41, 5.74) is 0.593. The number of likely N-dealkylation sites (tertiary alicyclic amines) is 1. The average molecular weight is 302 g/mol. The van der Waals surface area contributed by atoms with Crippen LogP contribution in [0.25, 0.3) is 0 Å². The molecule has 1 saturated carbocycles. The minimum absolute atomic E-state index is 0.593. The van der Waals surface area contributed by atoms with Crippen molar-refractivity contribution in [3.8, 4) is 0 Å². The molecular weight excluding hydrogens is 274 g/mol. The fourth-order valence-corrected chi connectivity index (χ4v) is 4.61. The van der Waals surface area contributed by atoms with Gasteiger partial charge in [-0.25, -0.2) is 0 Å². The Bertz CT molecular complexity index is 233. The summed E-state index contributed by atoms with van der Waals surface area (Å²) in [7, 11) is 0. The van der Waals surface area contributed by atoms with Crippen molar-refractivity contribution in [1.82, 2.24) is 4.90 Å². The largest absolute Gasteiger partial charge is 0.300 e. The van der Waals surface area contributed by atoms with Gasteiger partial charge in [-0.2, -0.15) is 0 Å². The lowest BCUT2D eigenvalue weighted by Gasteiger charge is -2.41. The zero-order valence-corrected chi connectivity index (χ0v) is 13.1. The third kappa shape index (κ3) is 3.26. The van der Waals surface area contributed by atoms with Gasteiger partial charge in [-0.1, -0.05) is 49.0 Å². The topological polar surface area (TPSA) is 3.24 Å². The van der Waals surface area contributed by atoms with Gasteiger partial charge in [0.05, 0.1) is 0 Å². The van der Waals surface area contributed by atoms with Crippen LogP contribution in [-0.2, 0) is 0 Å². The molecule has 0 radical (unpaired) electrons. The molecule has 0 spiro atoms. The predicted octanol–water partition coefficient (Wildman–Crippen LogP) is 4.45. The molecule has 0 aromatic heterocycles. The SMILES string of the molecule is CC(C)C1CCCN1CC1(CBr)CCCCC1. The summed E-state index contributed by atoms with van der Waals surface area (Å²) in [5, 5.41) is 1.21. The molecule has 0 aromatic rings. The van der Waals surface area contributed by atoms with Gasteiger partial charge in [0.1, 0.15) is 0 Å². The van der Waals surface area contributed by atoms with Crippen molar-refractivity contribution >= 4 is 15.9 Å².